The summed E-state index contributed by atoms with van der Waals surface area (Å²) in [7, 11) is 0. The van der Waals surface area contributed by atoms with Crippen molar-refractivity contribution < 1.29 is 9.53 Å². The predicted octanol–water partition coefficient (Wildman–Crippen LogP) is 4.02. The van der Waals surface area contributed by atoms with E-state index in [0.29, 0.717) is 29.6 Å². The normalized spacial score (nSPS) is 10.2. The quantitative estimate of drug-likeness (QED) is 0.711. The number of hydrogen-bond acceptors (Lipinski definition) is 3. The summed E-state index contributed by atoms with van der Waals surface area (Å²) in [6, 6.07) is 14.9. The molecule has 0 radical (unpaired) electrons. The van der Waals surface area contributed by atoms with Crippen LogP contribution in [0.4, 0.5) is 5.69 Å². The van der Waals surface area contributed by atoms with Gasteiger partial charge in [0.2, 0.25) is 5.91 Å². The first-order valence-corrected chi connectivity index (χ1v) is 8.04. The Balaban J connectivity index is 1.86. The number of carbonyl (C=O) groups excluding carboxylic acids is 1. The standard InChI is InChI=1S/C19H21ClN2O2/c1-14(2)13-24-18-10-6-5-9-17(18)22-19(23)12-21-11-15-7-3-4-8-16(15)20/h3-10,21H,1,11-13H2,2H3,(H,22,23). The number of benzene rings is 2. The Bertz CT molecular complexity index is 716. The molecule has 126 valence electrons. The van der Waals surface area contributed by atoms with Crippen LogP contribution in [0.15, 0.2) is 60.7 Å². The SMILES string of the molecule is C=C(C)COc1ccccc1NC(=O)CNCc1ccccc1Cl. The van der Waals surface area contributed by atoms with Gasteiger partial charge in [0.15, 0.2) is 0 Å². The summed E-state index contributed by atoms with van der Waals surface area (Å²) in [4.78, 5) is 12.1. The Morgan fingerprint density at radius 2 is 1.88 bits per heavy atom. The number of rotatable bonds is 8. The van der Waals surface area contributed by atoms with Gasteiger partial charge in [-0.15, -0.1) is 0 Å². The number of para-hydroxylation sites is 2. The van der Waals surface area contributed by atoms with Gasteiger partial charge in [0.25, 0.3) is 0 Å². The van der Waals surface area contributed by atoms with Gasteiger partial charge < -0.3 is 15.4 Å². The molecule has 0 aliphatic heterocycles. The number of nitrogens with one attached hydrogen (secondary N) is 2. The second-order valence-corrected chi connectivity index (χ2v) is 5.89. The first-order valence-electron chi connectivity index (χ1n) is 7.66. The summed E-state index contributed by atoms with van der Waals surface area (Å²) in [6.45, 7) is 6.82. The Kier molecular flexibility index (Phi) is 6.85. The van der Waals surface area contributed by atoms with E-state index in [1.807, 2.05) is 49.4 Å². The average molecular weight is 345 g/mol. The van der Waals surface area contributed by atoms with E-state index in [1.165, 1.54) is 0 Å². The first-order chi connectivity index (χ1) is 11.6. The molecular formula is C19H21ClN2O2. The molecular weight excluding hydrogens is 324 g/mol. The van der Waals surface area contributed by atoms with Gasteiger partial charge in [-0.3, -0.25) is 4.79 Å². The molecule has 4 nitrogen and oxygen atoms in total. The summed E-state index contributed by atoms with van der Waals surface area (Å²) in [6.07, 6.45) is 0. The van der Waals surface area contributed by atoms with Gasteiger partial charge in [-0.2, -0.15) is 0 Å². The van der Waals surface area contributed by atoms with E-state index in [4.69, 9.17) is 16.3 Å². The third kappa shape index (κ3) is 5.72. The lowest BCUT2D eigenvalue weighted by Gasteiger charge is -2.13. The third-order valence-electron chi connectivity index (χ3n) is 3.19. The van der Waals surface area contributed by atoms with E-state index in [2.05, 4.69) is 17.2 Å². The predicted molar refractivity (Wildman–Crippen MR) is 98.5 cm³/mol. The van der Waals surface area contributed by atoms with Crippen molar-refractivity contribution in [2.45, 2.75) is 13.5 Å². The molecule has 0 aliphatic carbocycles. The average Bonchev–Trinajstić information content (AvgIpc) is 2.56. The minimum absolute atomic E-state index is 0.145. The Hall–Kier alpha value is -2.30. The third-order valence-corrected chi connectivity index (χ3v) is 3.56. The molecule has 0 spiro atoms. The van der Waals surface area contributed by atoms with Gasteiger partial charge in [-0.05, 0) is 36.3 Å². The highest BCUT2D eigenvalue weighted by atomic mass is 35.5. The lowest BCUT2D eigenvalue weighted by Crippen LogP contribution is -2.28. The fourth-order valence-electron chi connectivity index (χ4n) is 2.04. The molecule has 0 atom stereocenters. The van der Waals surface area contributed by atoms with Crippen LogP contribution in [0.5, 0.6) is 5.75 Å². The maximum atomic E-state index is 12.1. The fraction of sp³-hybridized carbons (Fsp3) is 0.211. The summed E-state index contributed by atoms with van der Waals surface area (Å²) < 4.78 is 5.64. The van der Waals surface area contributed by atoms with Crippen LogP contribution in [-0.4, -0.2) is 19.1 Å². The maximum Gasteiger partial charge on any atom is 0.238 e. The highest BCUT2D eigenvalue weighted by molar-refractivity contribution is 6.31. The molecule has 0 unspecified atom stereocenters. The number of amides is 1. The molecule has 2 aromatic rings. The maximum absolute atomic E-state index is 12.1. The van der Waals surface area contributed by atoms with Crippen molar-refractivity contribution >= 4 is 23.2 Å². The second-order valence-electron chi connectivity index (χ2n) is 5.49. The van der Waals surface area contributed by atoms with Gasteiger partial charge in [-0.1, -0.05) is 48.5 Å². The van der Waals surface area contributed by atoms with E-state index in [0.717, 1.165) is 11.1 Å². The summed E-state index contributed by atoms with van der Waals surface area (Å²) in [5.74, 6) is 0.480. The van der Waals surface area contributed by atoms with E-state index >= 15 is 0 Å². The van der Waals surface area contributed by atoms with Crippen LogP contribution in [0.25, 0.3) is 0 Å². The first kappa shape index (κ1) is 18.0. The van der Waals surface area contributed by atoms with Crippen molar-refractivity contribution in [2.75, 3.05) is 18.5 Å². The summed E-state index contributed by atoms with van der Waals surface area (Å²) in [5, 5.41) is 6.61. The molecule has 0 aliphatic rings. The van der Waals surface area contributed by atoms with Crippen LogP contribution in [-0.2, 0) is 11.3 Å². The summed E-state index contributed by atoms with van der Waals surface area (Å²) >= 11 is 6.09. The number of anilines is 1. The van der Waals surface area contributed by atoms with Gasteiger partial charge >= 0.3 is 0 Å². The molecule has 2 N–H and O–H groups in total. The highest BCUT2D eigenvalue weighted by Gasteiger charge is 2.08. The minimum atomic E-state index is -0.145. The van der Waals surface area contributed by atoms with E-state index in [9.17, 15) is 4.79 Å². The lowest BCUT2D eigenvalue weighted by atomic mass is 10.2. The second kappa shape index (κ2) is 9.11. The summed E-state index contributed by atoms with van der Waals surface area (Å²) in [5.41, 5.74) is 2.51. The van der Waals surface area contributed by atoms with Crippen molar-refractivity contribution in [3.8, 4) is 5.75 Å². The number of hydrogen-bond donors (Lipinski definition) is 2. The van der Waals surface area contributed by atoms with Gasteiger partial charge in [0, 0.05) is 11.6 Å². The molecule has 1 amide bonds. The molecule has 0 aromatic heterocycles. The zero-order valence-electron chi connectivity index (χ0n) is 13.6. The van der Waals surface area contributed by atoms with Crippen molar-refractivity contribution in [1.29, 1.82) is 0 Å². The van der Waals surface area contributed by atoms with Gasteiger partial charge in [0.1, 0.15) is 12.4 Å². The van der Waals surface area contributed by atoms with Crippen molar-refractivity contribution in [3.63, 3.8) is 0 Å². The van der Waals surface area contributed by atoms with Gasteiger partial charge in [-0.25, -0.2) is 0 Å². The van der Waals surface area contributed by atoms with Crippen LogP contribution in [0.1, 0.15) is 12.5 Å². The van der Waals surface area contributed by atoms with E-state index < -0.39 is 0 Å². The Morgan fingerprint density at radius 1 is 1.17 bits per heavy atom. The minimum Gasteiger partial charge on any atom is -0.487 e. The van der Waals surface area contributed by atoms with E-state index in [-0.39, 0.29) is 12.5 Å². The molecule has 0 fully saturated rings. The molecule has 0 saturated carbocycles. The van der Waals surface area contributed by atoms with Crippen molar-refractivity contribution in [2.24, 2.45) is 0 Å². The molecule has 24 heavy (non-hydrogen) atoms. The molecule has 0 saturated heterocycles. The highest BCUT2D eigenvalue weighted by Crippen LogP contribution is 2.24. The molecule has 0 bridgehead atoms. The Morgan fingerprint density at radius 3 is 2.62 bits per heavy atom. The van der Waals surface area contributed by atoms with Crippen LogP contribution in [0, 0.1) is 0 Å². The number of carbonyl (C=O) groups is 1. The largest absolute Gasteiger partial charge is 0.487 e. The van der Waals surface area contributed by atoms with Crippen molar-refractivity contribution in [3.05, 3.63) is 71.3 Å². The lowest BCUT2D eigenvalue weighted by molar-refractivity contribution is -0.115. The molecule has 0 heterocycles. The molecule has 5 heteroatoms. The van der Waals surface area contributed by atoms with Crippen LogP contribution in [0.2, 0.25) is 5.02 Å². The van der Waals surface area contributed by atoms with E-state index in [1.54, 1.807) is 6.07 Å². The fourth-order valence-corrected chi connectivity index (χ4v) is 2.25. The van der Waals surface area contributed by atoms with Crippen LogP contribution < -0.4 is 15.4 Å². The molecule has 2 aromatic carbocycles. The van der Waals surface area contributed by atoms with Crippen molar-refractivity contribution in [1.82, 2.24) is 5.32 Å². The molecule has 2 rings (SSSR count). The number of halogens is 1. The zero-order chi connectivity index (χ0) is 17.4. The van der Waals surface area contributed by atoms with Gasteiger partial charge in [0.05, 0.1) is 12.2 Å². The number of ether oxygens (including phenoxy) is 1. The monoisotopic (exact) mass is 344 g/mol. The Labute approximate surface area is 147 Å². The van der Waals surface area contributed by atoms with Crippen LogP contribution in [0.3, 0.4) is 0 Å². The zero-order valence-corrected chi connectivity index (χ0v) is 14.4. The van der Waals surface area contributed by atoms with Crippen LogP contribution >= 0.6 is 11.6 Å². The topological polar surface area (TPSA) is 50.4 Å². The smallest absolute Gasteiger partial charge is 0.238 e.